The van der Waals surface area contributed by atoms with E-state index in [9.17, 15) is 20.1 Å². The van der Waals surface area contributed by atoms with Crippen molar-refractivity contribution in [1.29, 1.82) is 0 Å². The molecule has 0 unspecified atom stereocenters. The van der Waals surface area contributed by atoms with Crippen molar-refractivity contribution in [3.63, 3.8) is 0 Å². The molecule has 0 aliphatic heterocycles. The summed E-state index contributed by atoms with van der Waals surface area (Å²) in [4.78, 5) is 22.4. The van der Waals surface area contributed by atoms with Gasteiger partial charge >= 0.3 is 0 Å². The van der Waals surface area contributed by atoms with Crippen molar-refractivity contribution >= 4 is 11.2 Å². The van der Waals surface area contributed by atoms with Crippen LogP contribution < -0.4 is 5.56 Å². The van der Waals surface area contributed by atoms with Crippen LogP contribution in [0.25, 0.3) is 11.2 Å². The number of hydrogen-bond acceptors (Lipinski definition) is 6. The molecule has 5 atom stereocenters. The number of rotatable bonds is 2. The normalized spacial score (nSPS) is 41.4. The number of hydrogen-bond donors (Lipinski definition) is 4. The molecule has 0 bridgehead atoms. The standard InChI is InChI=1S/C13H16N4O4/c1-12(21)8(6-2-13(6,3-18)11(12)20)17-5-16-7-9(17)14-4-15-10(7)19/h4-6,8,11,18,20-21H,2-3H2,1H3,(H,14,15,19)/t6-,8-,11+,12+,13+/m1/s1. The Balaban J connectivity index is 1.90. The van der Waals surface area contributed by atoms with Crippen molar-refractivity contribution in [2.45, 2.75) is 31.1 Å². The SMILES string of the molecule is C[C@]1(O)[C@H](n2cnc3c(=O)[nH]cnc32)[C@H]2C[C@@]2(CO)[C@H]1O. The molecule has 2 saturated carbocycles. The zero-order valence-electron chi connectivity index (χ0n) is 11.4. The molecule has 21 heavy (non-hydrogen) atoms. The fourth-order valence-corrected chi connectivity index (χ4v) is 4.05. The maximum absolute atomic E-state index is 11.7. The number of aliphatic hydroxyl groups is 3. The molecule has 112 valence electrons. The Kier molecular flexibility index (Phi) is 2.28. The molecule has 8 heteroatoms. The van der Waals surface area contributed by atoms with Crippen molar-refractivity contribution in [3.05, 3.63) is 23.0 Å². The van der Waals surface area contributed by atoms with Crippen LogP contribution >= 0.6 is 0 Å². The molecule has 2 aromatic rings. The molecule has 2 fully saturated rings. The number of fused-ring (bicyclic) bond motifs is 2. The lowest BCUT2D eigenvalue weighted by molar-refractivity contribution is -0.0997. The van der Waals surface area contributed by atoms with E-state index < -0.39 is 23.2 Å². The van der Waals surface area contributed by atoms with Crippen molar-refractivity contribution in [1.82, 2.24) is 19.5 Å². The second-order valence-electron chi connectivity index (χ2n) is 6.33. The first-order valence-corrected chi connectivity index (χ1v) is 6.85. The minimum Gasteiger partial charge on any atom is -0.396 e. The Hall–Kier alpha value is -1.77. The fourth-order valence-electron chi connectivity index (χ4n) is 4.05. The lowest BCUT2D eigenvalue weighted by atomic mass is 9.89. The Morgan fingerprint density at radius 2 is 2.29 bits per heavy atom. The zero-order valence-corrected chi connectivity index (χ0v) is 11.4. The van der Waals surface area contributed by atoms with Gasteiger partial charge in [0.15, 0.2) is 11.2 Å². The summed E-state index contributed by atoms with van der Waals surface area (Å²) >= 11 is 0. The van der Waals surface area contributed by atoms with E-state index in [0.29, 0.717) is 12.1 Å². The minimum absolute atomic E-state index is 0.0639. The maximum Gasteiger partial charge on any atom is 0.278 e. The lowest BCUT2D eigenvalue weighted by Gasteiger charge is -2.34. The molecular weight excluding hydrogens is 276 g/mol. The highest BCUT2D eigenvalue weighted by molar-refractivity contribution is 5.69. The Labute approximate surface area is 119 Å². The number of H-pyrrole nitrogens is 1. The number of imidazole rings is 1. The number of aliphatic hydroxyl groups excluding tert-OH is 2. The number of nitrogens with one attached hydrogen (secondary N) is 1. The molecule has 8 nitrogen and oxygen atoms in total. The van der Waals surface area contributed by atoms with E-state index in [1.807, 2.05) is 0 Å². The van der Waals surface area contributed by atoms with E-state index in [1.165, 1.54) is 12.7 Å². The molecule has 2 heterocycles. The summed E-state index contributed by atoms with van der Waals surface area (Å²) in [6, 6.07) is -0.473. The average Bonchev–Trinajstić information content (AvgIpc) is 2.96. The van der Waals surface area contributed by atoms with E-state index in [0.717, 1.165) is 0 Å². The first kappa shape index (κ1) is 12.9. The summed E-state index contributed by atoms with van der Waals surface area (Å²) in [6.45, 7) is 1.37. The number of nitrogens with zero attached hydrogens (tertiary/aromatic N) is 3. The van der Waals surface area contributed by atoms with Gasteiger partial charge in [0.1, 0.15) is 5.60 Å². The summed E-state index contributed by atoms with van der Waals surface area (Å²) in [7, 11) is 0. The van der Waals surface area contributed by atoms with Crippen LogP contribution in [0.3, 0.4) is 0 Å². The number of aromatic amines is 1. The molecule has 0 aromatic carbocycles. The zero-order chi connectivity index (χ0) is 15.0. The van der Waals surface area contributed by atoms with Gasteiger partial charge in [-0.25, -0.2) is 9.97 Å². The van der Waals surface area contributed by atoms with Gasteiger partial charge in [-0.05, 0) is 19.3 Å². The molecule has 0 radical (unpaired) electrons. The molecule has 4 rings (SSSR count). The second kappa shape index (κ2) is 3.70. The topological polar surface area (TPSA) is 124 Å². The molecule has 0 amide bonds. The first-order chi connectivity index (χ1) is 9.93. The molecule has 4 N–H and O–H groups in total. The smallest absolute Gasteiger partial charge is 0.278 e. The highest BCUT2D eigenvalue weighted by atomic mass is 16.3. The summed E-state index contributed by atoms with van der Waals surface area (Å²) in [5.74, 6) is -0.0639. The van der Waals surface area contributed by atoms with Gasteiger partial charge in [0.2, 0.25) is 0 Å². The van der Waals surface area contributed by atoms with Crippen LogP contribution in [0.2, 0.25) is 0 Å². The summed E-state index contributed by atoms with van der Waals surface area (Å²) < 4.78 is 1.64. The van der Waals surface area contributed by atoms with Gasteiger partial charge in [-0.3, -0.25) is 4.79 Å². The first-order valence-electron chi connectivity index (χ1n) is 6.85. The summed E-state index contributed by atoms with van der Waals surface area (Å²) in [5, 5.41) is 30.7. The Morgan fingerprint density at radius 3 is 2.95 bits per heavy atom. The van der Waals surface area contributed by atoms with Gasteiger partial charge in [0.05, 0.1) is 31.4 Å². The minimum atomic E-state index is -1.41. The lowest BCUT2D eigenvalue weighted by Crippen LogP contribution is -2.46. The monoisotopic (exact) mass is 292 g/mol. The van der Waals surface area contributed by atoms with Crippen LogP contribution in [0.5, 0.6) is 0 Å². The largest absolute Gasteiger partial charge is 0.396 e. The van der Waals surface area contributed by atoms with Crippen LogP contribution in [0.1, 0.15) is 19.4 Å². The van der Waals surface area contributed by atoms with Crippen LogP contribution in [0, 0.1) is 11.3 Å². The predicted octanol–water partition coefficient (Wildman–Crippen LogP) is -1.22. The highest BCUT2D eigenvalue weighted by Gasteiger charge is 2.75. The van der Waals surface area contributed by atoms with E-state index in [4.69, 9.17) is 0 Å². The third-order valence-corrected chi connectivity index (χ3v) is 5.22. The van der Waals surface area contributed by atoms with Gasteiger partial charge in [-0.1, -0.05) is 0 Å². The quantitative estimate of drug-likeness (QED) is 0.550. The number of aromatic nitrogens is 4. The molecule has 2 aliphatic rings. The summed E-state index contributed by atoms with van der Waals surface area (Å²) in [5.41, 5.74) is -1.85. The van der Waals surface area contributed by atoms with Gasteiger partial charge in [-0.2, -0.15) is 0 Å². The van der Waals surface area contributed by atoms with Crippen molar-refractivity contribution in [2.24, 2.45) is 11.3 Å². The van der Waals surface area contributed by atoms with Gasteiger partial charge in [0, 0.05) is 5.41 Å². The molecular formula is C13H16N4O4. The molecule has 2 aromatic heterocycles. The van der Waals surface area contributed by atoms with Crippen LogP contribution in [0.15, 0.2) is 17.4 Å². The third kappa shape index (κ3) is 1.37. The van der Waals surface area contributed by atoms with Gasteiger partial charge in [0.25, 0.3) is 5.56 Å². The van der Waals surface area contributed by atoms with E-state index in [1.54, 1.807) is 11.5 Å². The molecule has 0 spiro atoms. The Bertz CT molecular complexity index is 782. The fraction of sp³-hybridized carbons (Fsp3) is 0.615. The molecule has 0 saturated heterocycles. The average molecular weight is 292 g/mol. The Morgan fingerprint density at radius 1 is 1.52 bits per heavy atom. The van der Waals surface area contributed by atoms with E-state index in [2.05, 4.69) is 15.0 Å². The second-order valence-corrected chi connectivity index (χ2v) is 6.33. The highest BCUT2D eigenvalue weighted by Crippen LogP contribution is 2.70. The van der Waals surface area contributed by atoms with E-state index in [-0.39, 0.29) is 23.6 Å². The summed E-state index contributed by atoms with van der Waals surface area (Å²) in [6.07, 6.45) is 2.36. The maximum atomic E-state index is 11.7. The van der Waals surface area contributed by atoms with E-state index >= 15 is 0 Å². The third-order valence-electron chi connectivity index (χ3n) is 5.22. The predicted molar refractivity (Wildman–Crippen MR) is 71.4 cm³/mol. The van der Waals surface area contributed by atoms with Crippen molar-refractivity contribution in [3.8, 4) is 0 Å². The van der Waals surface area contributed by atoms with Gasteiger partial charge < -0.3 is 24.9 Å². The molecule has 2 aliphatic carbocycles. The van der Waals surface area contributed by atoms with Crippen LogP contribution in [0.4, 0.5) is 0 Å². The van der Waals surface area contributed by atoms with Crippen molar-refractivity contribution in [2.75, 3.05) is 6.61 Å². The van der Waals surface area contributed by atoms with Crippen molar-refractivity contribution < 1.29 is 15.3 Å². The van der Waals surface area contributed by atoms with Gasteiger partial charge in [-0.15, -0.1) is 0 Å². The van der Waals surface area contributed by atoms with Crippen LogP contribution in [-0.4, -0.2) is 53.2 Å². The van der Waals surface area contributed by atoms with Crippen LogP contribution in [-0.2, 0) is 0 Å².